The molecule has 4 heteroatoms. The summed E-state index contributed by atoms with van der Waals surface area (Å²) in [5.41, 5.74) is 4.31. The number of fused-ring (bicyclic) bond motifs is 1. The predicted molar refractivity (Wildman–Crippen MR) is 98.7 cm³/mol. The standard InChI is InChI=1S/C21H20N2O2/c1-15-13-22-21(23-15)8-7-17-11-19-18(9-10-24-19)12-20(17)25-14-16-5-3-2-4-6-16/h2-8,11-13H,9-10,14H2,1H3,(H,22,23). The minimum atomic E-state index is 0.543. The third-order valence-electron chi connectivity index (χ3n) is 4.21. The van der Waals surface area contributed by atoms with Crippen molar-refractivity contribution in [3.8, 4) is 11.5 Å². The molecule has 4 rings (SSSR count). The molecule has 1 aliphatic rings. The molecule has 0 unspecified atom stereocenters. The Morgan fingerprint density at radius 3 is 2.88 bits per heavy atom. The molecule has 3 aromatic rings. The molecule has 1 N–H and O–H groups in total. The van der Waals surface area contributed by atoms with E-state index in [2.05, 4.69) is 34.2 Å². The van der Waals surface area contributed by atoms with Gasteiger partial charge in [0.1, 0.15) is 23.9 Å². The van der Waals surface area contributed by atoms with Gasteiger partial charge in [-0.25, -0.2) is 4.98 Å². The maximum Gasteiger partial charge on any atom is 0.130 e. The number of aryl methyl sites for hydroxylation is 1. The van der Waals surface area contributed by atoms with Crippen molar-refractivity contribution in [3.63, 3.8) is 0 Å². The predicted octanol–water partition coefficient (Wildman–Crippen LogP) is 4.40. The zero-order valence-corrected chi connectivity index (χ0v) is 14.2. The zero-order valence-electron chi connectivity index (χ0n) is 14.2. The van der Waals surface area contributed by atoms with Crippen LogP contribution in [0.2, 0.25) is 0 Å². The second-order valence-corrected chi connectivity index (χ2v) is 6.13. The van der Waals surface area contributed by atoms with E-state index in [4.69, 9.17) is 9.47 Å². The van der Waals surface area contributed by atoms with Gasteiger partial charge in [0.15, 0.2) is 0 Å². The van der Waals surface area contributed by atoms with E-state index in [1.54, 1.807) is 0 Å². The molecule has 1 aliphatic heterocycles. The van der Waals surface area contributed by atoms with Crippen LogP contribution in [0, 0.1) is 6.92 Å². The first kappa shape index (κ1) is 15.5. The third-order valence-corrected chi connectivity index (χ3v) is 4.21. The number of benzene rings is 2. The molecule has 25 heavy (non-hydrogen) atoms. The van der Waals surface area contributed by atoms with Crippen LogP contribution in [0.15, 0.2) is 48.7 Å². The number of rotatable bonds is 5. The van der Waals surface area contributed by atoms with Gasteiger partial charge in [-0.1, -0.05) is 30.3 Å². The molecule has 2 aromatic carbocycles. The van der Waals surface area contributed by atoms with Gasteiger partial charge in [0.2, 0.25) is 0 Å². The van der Waals surface area contributed by atoms with Gasteiger partial charge < -0.3 is 14.5 Å². The minimum Gasteiger partial charge on any atom is -0.493 e. The summed E-state index contributed by atoms with van der Waals surface area (Å²) < 4.78 is 11.8. The number of ether oxygens (including phenoxy) is 2. The lowest BCUT2D eigenvalue weighted by atomic mass is 10.1. The van der Waals surface area contributed by atoms with Crippen LogP contribution in [0.25, 0.3) is 12.2 Å². The highest BCUT2D eigenvalue weighted by molar-refractivity contribution is 5.72. The van der Waals surface area contributed by atoms with E-state index in [9.17, 15) is 0 Å². The maximum absolute atomic E-state index is 6.10. The number of hydrogen-bond acceptors (Lipinski definition) is 3. The van der Waals surface area contributed by atoms with Crippen LogP contribution in [0.5, 0.6) is 11.5 Å². The lowest BCUT2D eigenvalue weighted by Crippen LogP contribution is -1.97. The summed E-state index contributed by atoms with van der Waals surface area (Å²) in [4.78, 5) is 7.54. The molecule has 0 bridgehead atoms. The van der Waals surface area contributed by atoms with Crippen LogP contribution in [0.4, 0.5) is 0 Å². The Kier molecular flexibility index (Phi) is 4.25. The largest absolute Gasteiger partial charge is 0.493 e. The first-order chi connectivity index (χ1) is 12.3. The van der Waals surface area contributed by atoms with Crippen molar-refractivity contribution in [3.05, 3.63) is 76.9 Å². The highest BCUT2D eigenvalue weighted by Crippen LogP contribution is 2.34. The average molecular weight is 332 g/mol. The number of imidazole rings is 1. The SMILES string of the molecule is Cc1c[nH]c(C=Cc2cc3c(cc2OCc2ccccc2)CCO3)n1. The van der Waals surface area contributed by atoms with Crippen LogP contribution in [-0.2, 0) is 13.0 Å². The van der Waals surface area contributed by atoms with Crippen molar-refractivity contribution in [2.45, 2.75) is 20.0 Å². The molecule has 0 saturated carbocycles. The van der Waals surface area contributed by atoms with Gasteiger partial charge in [0.05, 0.1) is 12.3 Å². The summed E-state index contributed by atoms with van der Waals surface area (Å²) in [7, 11) is 0. The van der Waals surface area contributed by atoms with E-state index >= 15 is 0 Å². The zero-order chi connectivity index (χ0) is 17.1. The second-order valence-electron chi connectivity index (χ2n) is 6.13. The van der Waals surface area contributed by atoms with Crippen molar-refractivity contribution in [2.75, 3.05) is 6.61 Å². The summed E-state index contributed by atoms with van der Waals surface area (Å²) in [6.45, 7) is 3.24. The van der Waals surface area contributed by atoms with Crippen molar-refractivity contribution >= 4 is 12.2 Å². The first-order valence-electron chi connectivity index (χ1n) is 8.44. The van der Waals surface area contributed by atoms with Gasteiger partial charge in [-0.2, -0.15) is 0 Å². The van der Waals surface area contributed by atoms with Crippen LogP contribution < -0.4 is 9.47 Å². The van der Waals surface area contributed by atoms with Gasteiger partial charge in [0.25, 0.3) is 0 Å². The topological polar surface area (TPSA) is 47.1 Å². The number of hydrogen-bond donors (Lipinski definition) is 1. The fraction of sp³-hybridized carbons (Fsp3) is 0.190. The molecule has 1 aromatic heterocycles. The molecule has 4 nitrogen and oxygen atoms in total. The van der Waals surface area contributed by atoms with Crippen molar-refractivity contribution in [1.82, 2.24) is 9.97 Å². The third kappa shape index (κ3) is 3.58. The molecule has 0 fully saturated rings. The smallest absolute Gasteiger partial charge is 0.130 e. The first-order valence-corrected chi connectivity index (χ1v) is 8.44. The fourth-order valence-electron chi connectivity index (χ4n) is 2.90. The molecular formula is C21H20N2O2. The van der Waals surface area contributed by atoms with Crippen molar-refractivity contribution in [2.24, 2.45) is 0 Å². The van der Waals surface area contributed by atoms with E-state index in [1.807, 2.05) is 43.5 Å². The van der Waals surface area contributed by atoms with Crippen LogP contribution in [0.1, 0.15) is 28.2 Å². The summed E-state index contributed by atoms with van der Waals surface area (Å²) in [6, 6.07) is 14.3. The molecule has 0 atom stereocenters. The van der Waals surface area contributed by atoms with Crippen molar-refractivity contribution < 1.29 is 9.47 Å². The Balaban J connectivity index is 1.61. The number of aromatic nitrogens is 2. The Morgan fingerprint density at radius 2 is 2.08 bits per heavy atom. The Labute approximate surface area is 147 Å². The van der Waals surface area contributed by atoms with Crippen molar-refractivity contribution in [1.29, 1.82) is 0 Å². The molecule has 0 radical (unpaired) electrons. The molecule has 0 aliphatic carbocycles. The lowest BCUT2D eigenvalue weighted by molar-refractivity contribution is 0.305. The quantitative estimate of drug-likeness (QED) is 0.753. The van der Waals surface area contributed by atoms with Gasteiger partial charge in [-0.3, -0.25) is 0 Å². The molecule has 126 valence electrons. The average Bonchev–Trinajstić information content (AvgIpc) is 3.26. The number of nitrogens with zero attached hydrogens (tertiary/aromatic N) is 1. The summed E-state index contributed by atoms with van der Waals surface area (Å²) in [5.74, 6) is 2.64. The van der Waals surface area contributed by atoms with Gasteiger partial charge in [0, 0.05) is 23.7 Å². The van der Waals surface area contributed by atoms with Gasteiger partial charge in [-0.15, -0.1) is 0 Å². The van der Waals surface area contributed by atoms with Crippen LogP contribution in [0.3, 0.4) is 0 Å². The number of H-pyrrole nitrogens is 1. The van der Waals surface area contributed by atoms with E-state index < -0.39 is 0 Å². The molecule has 0 amide bonds. The van der Waals surface area contributed by atoms with E-state index in [0.717, 1.165) is 47.2 Å². The van der Waals surface area contributed by atoms with Gasteiger partial charge >= 0.3 is 0 Å². The molecule has 0 spiro atoms. The monoisotopic (exact) mass is 332 g/mol. The molecule has 2 heterocycles. The Hall–Kier alpha value is -3.01. The van der Waals surface area contributed by atoms with Gasteiger partial charge in [-0.05, 0) is 36.8 Å². The summed E-state index contributed by atoms with van der Waals surface area (Å²) in [5, 5.41) is 0. The summed E-state index contributed by atoms with van der Waals surface area (Å²) in [6.07, 6.45) is 6.79. The fourth-order valence-corrected chi connectivity index (χ4v) is 2.90. The summed E-state index contributed by atoms with van der Waals surface area (Å²) >= 11 is 0. The molecule has 0 saturated heterocycles. The Bertz CT molecular complexity index is 898. The number of nitrogens with one attached hydrogen (secondary N) is 1. The van der Waals surface area contributed by atoms with E-state index in [1.165, 1.54) is 5.56 Å². The lowest BCUT2D eigenvalue weighted by Gasteiger charge is -2.11. The number of aromatic amines is 1. The Morgan fingerprint density at radius 1 is 1.20 bits per heavy atom. The maximum atomic E-state index is 6.10. The normalized spacial score (nSPS) is 13.0. The molecular weight excluding hydrogens is 312 g/mol. The van der Waals surface area contributed by atoms with E-state index in [0.29, 0.717) is 6.61 Å². The van der Waals surface area contributed by atoms with E-state index in [-0.39, 0.29) is 0 Å². The van der Waals surface area contributed by atoms with Crippen LogP contribution in [-0.4, -0.2) is 16.6 Å². The minimum absolute atomic E-state index is 0.543. The highest BCUT2D eigenvalue weighted by atomic mass is 16.5. The van der Waals surface area contributed by atoms with Crippen LogP contribution >= 0.6 is 0 Å². The second kappa shape index (κ2) is 6.85. The highest BCUT2D eigenvalue weighted by Gasteiger charge is 2.16.